The highest BCUT2D eigenvalue weighted by atomic mass is 16.2. The molecule has 2 rings (SSSR count). The van der Waals surface area contributed by atoms with Crippen LogP contribution in [0, 0.1) is 12.8 Å². The van der Waals surface area contributed by atoms with Crippen LogP contribution < -0.4 is 0 Å². The van der Waals surface area contributed by atoms with E-state index in [1.54, 1.807) is 10.9 Å². The molecule has 2 aromatic rings. The number of carbonyl (C=O) groups is 1. The third-order valence-corrected chi connectivity index (χ3v) is 4.10. The van der Waals surface area contributed by atoms with E-state index in [-0.39, 0.29) is 11.9 Å². The van der Waals surface area contributed by atoms with E-state index in [9.17, 15) is 4.79 Å². The van der Waals surface area contributed by atoms with Gasteiger partial charge in [-0.25, -0.2) is 0 Å². The van der Waals surface area contributed by atoms with Crippen molar-refractivity contribution in [2.45, 2.75) is 40.2 Å². The fourth-order valence-corrected chi connectivity index (χ4v) is 2.93. The van der Waals surface area contributed by atoms with Crippen molar-refractivity contribution in [3.63, 3.8) is 0 Å². The topological polar surface area (TPSA) is 38.1 Å². The molecule has 0 radical (unpaired) electrons. The van der Waals surface area contributed by atoms with E-state index in [1.165, 1.54) is 11.1 Å². The lowest BCUT2D eigenvalue weighted by molar-refractivity contribution is -0.133. The van der Waals surface area contributed by atoms with Crippen LogP contribution in [0.25, 0.3) is 0 Å². The Balaban J connectivity index is 2.22. The molecule has 1 aromatic carbocycles. The molecular formula is C19H27N3O. The first-order valence-corrected chi connectivity index (χ1v) is 8.21. The number of aromatic nitrogens is 2. The molecule has 0 unspecified atom stereocenters. The van der Waals surface area contributed by atoms with Gasteiger partial charge in [-0.05, 0) is 36.5 Å². The van der Waals surface area contributed by atoms with Crippen LogP contribution in [0.2, 0.25) is 0 Å². The van der Waals surface area contributed by atoms with Gasteiger partial charge in [-0.2, -0.15) is 5.10 Å². The average Bonchev–Trinajstić information content (AvgIpc) is 2.89. The second kappa shape index (κ2) is 7.44. The molecule has 0 aliphatic heterocycles. The van der Waals surface area contributed by atoms with Gasteiger partial charge >= 0.3 is 0 Å². The molecule has 0 saturated heterocycles. The summed E-state index contributed by atoms with van der Waals surface area (Å²) < 4.78 is 1.74. The van der Waals surface area contributed by atoms with Crippen LogP contribution in [-0.2, 0) is 18.3 Å². The molecule has 1 atom stereocenters. The van der Waals surface area contributed by atoms with Crippen LogP contribution in [0.4, 0.5) is 0 Å². The maximum Gasteiger partial charge on any atom is 0.227 e. The highest BCUT2D eigenvalue weighted by Crippen LogP contribution is 2.25. The van der Waals surface area contributed by atoms with Crippen molar-refractivity contribution < 1.29 is 4.79 Å². The maximum absolute atomic E-state index is 12.9. The van der Waals surface area contributed by atoms with Crippen molar-refractivity contribution in [3.05, 3.63) is 53.3 Å². The van der Waals surface area contributed by atoms with Crippen molar-refractivity contribution in [1.82, 2.24) is 14.7 Å². The third-order valence-electron chi connectivity index (χ3n) is 4.10. The van der Waals surface area contributed by atoms with Gasteiger partial charge in [-0.15, -0.1) is 0 Å². The Morgan fingerprint density at radius 3 is 2.52 bits per heavy atom. The monoisotopic (exact) mass is 313 g/mol. The molecule has 1 heterocycles. The normalized spacial score (nSPS) is 12.4. The van der Waals surface area contributed by atoms with E-state index < -0.39 is 0 Å². The van der Waals surface area contributed by atoms with Crippen molar-refractivity contribution in [1.29, 1.82) is 0 Å². The second-order valence-corrected chi connectivity index (χ2v) is 6.67. The van der Waals surface area contributed by atoms with Crippen LogP contribution in [0.15, 0.2) is 36.7 Å². The van der Waals surface area contributed by atoms with Gasteiger partial charge in [0.25, 0.3) is 0 Å². The molecule has 0 N–H and O–H groups in total. The van der Waals surface area contributed by atoms with E-state index in [0.717, 1.165) is 12.1 Å². The van der Waals surface area contributed by atoms with Gasteiger partial charge in [-0.1, -0.05) is 38.1 Å². The molecule has 4 nitrogen and oxygen atoms in total. The first-order valence-electron chi connectivity index (χ1n) is 8.21. The minimum absolute atomic E-state index is 0.0720. The molecule has 124 valence electrons. The van der Waals surface area contributed by atoms with Gasteiger partial charge in [0.2, 0.25) is 5.91 Å². The number of carbonyl (C=O) groups excluding carboxylic acids is 1. The minimum Gasteiger partial charge on any atom is -0.335 e. The standard InChI is InChI=1S/C19H27N3O/c1-14(2)12-22(16(4)18-9-7-6-8-15(18)3)19(23)10-17-11-20-21(5)13-17/h6-9,11,13-14,16H,10,12H2,1-5H3/t16-/m1/s1. The van der Waals surface area contributed by atoms with Crippen LogP contribution in [0.5, 0.6) is 0 Å². The molecule has 0 bridgehead atoms. The summed E-state index contributed by atoms with van der Waals surface area (Å²) in [4.78, 5) is 14.9. The lowest BCUT2D eigenvalue weighted by atomic mass is 9.99. The van der Waals surface area contributed by atoms with Crippen molar-refractivity contribution in [2.24, 2.45) is 13.0 Å². The molecule has 0 spiro atoms. The van der Waals surface area contributed by atoms with E-state index >= 15 is 0 Å². The number of aryl methyl sites for hydroxylation is 2. The second-order valence-electron chi connectivity index (χ2n) is 6.67. The summed E-state index contributed by atoms with van der Waals surface area (Å²) in [5.41, 5.74) is 3.40. The van der Waals surface area contributed by atoms with E-state index in [0.29, 0.717) is 12.3 Å². The highest BCUT2D eigenvalue weighted by molar-refractivity contribution is 5.79. The fourth-order valence-electron chi connectivity index (χ4n) is 2.93. The number of hydrogen-bond acceptors (Lipinski definition) is 2. The number of amides is 1. The molecule has 0 saturated carbocycles. The predicted molar refractivity (Wildman–Crippen MR) is 93.1 cm³/mol. The van der Waals surface area contributed by atoms with Gasteiger partial charge < -0.3 is 4.90 Å². The summed E-state index contributed by atoms with van der Waals surface area (Å²) in [5, 5.41) is 4.15. The summed E-state index contributed by atoms with van der Waals surface area (Å²) in [7, 11) is 1.87. The maximum atomic E-state index is 12.9. The Bertz CT molecular complexity index is 660. The largest absolute Gasteiger partial charge is 0.335 e. The SMILES string of the molecule is Cc1ccccc1[C@@H](C)N(CC(C)C)C(=O)Cc1cnn(C)c1. The van der Waals surface area contributed by atoms with Crippen LogP contribution in [-0.4, -0.2) is 27.1 Å². The van der Waals surface area contributed by atoms with E-state index in [4.69, 9.17) is 0 Å². The Morgan fingerprint density at radius 1 is 1.26 bits per heavy atom. The van der Waals surface area contributed by atoms with Gasteiger partial charge in [0.1, 0.15) is 0 Å². The number of rotatable bonds is 6. The lowest BCUT2D eigenvalue weighted by Gasteiger charge is -2.32. The molecule has 1 amide bonds. The van der Waals surface area contributed by atoms with Gasteiger partial charge in [0, 0.05) is 19.8 Å². The molecule has 4 heteroatoms. The quantitative estimate of drug-likeness (QED) is 0.818. The number of nitrogens with zero attached hydrogens (tertiary/aromatic N) is 3. The zero-order valence-electron chi connectivity index (χ0n) is 14.8. The summed E-state index contributed by atoms with van der Waals surface area (Å²) >= 11 is 0. The highest BCUT2D eigenvalue weighted by Gasteiger charge is 2.23. The number of hydrogen-bond donors (Lipinski definition) is 0. The first kappa shape index (κ1) is 17.3. The summed E-state index contributed by atoms with van der Waals surface area (Å²) in [6.45, 7) is 9.27. The van der Waals surface area contributed by atoms with Crippen molar-refractivity contribution in [3.8, 4) is 0 Å². The van der Waals surface area contributed by atoms with Crippen molar-refractivity contribution >= 4 is 5.91 Å². The first-order chi connectivity index (χ1) is 10.9. The van der Waals surface area contributed by atoms with E-state index in [1.807, 2.05) is 30.3 Å². The molecule has 0 aliphatic rings. The summed E-state index contributed by atoms with van der Waals surface area (Å²) in [6, 6.07) is 8.37. The number of benzene rings is 1. The van der Waals surface area contributed by atoms with Crippen LogP contribution in [0.3, 0.4) is 0 Å². The Hall–Kier alpha value is -2.10. The zero-order chi connectivity index (χ0) is 17.0. The smallest absolute Gasteiger partial charge is 0.227 e. The van der Waals surface area contributed by atoms with Gasteiger partial charge in [0.05, 0.1) is 18.7 Å². The Morgan fingerprint density at radius 2 is 1.96 bits per heavy atom. The Labute approximate surface area is 139 Å². The Kier molecular flexibility index (Phi) is 5.59. The molecule has 0 fully saturated rings. The lowest BCUT2D eigenvalue weighted by Crippen LogP contribution is -2.37. The molecule has 23 heavy (non-hydrogen) atoms. The van der Waals surface area contributed by atoms with E-state index in [2.05, 4.69) is 44.9 Å². The fraction of sp³-hybridized carbons (Fsp3) is 0.474. The molecule has 1 aromatic heterocycles. The van der Waals surface area contributed by atoms with Crippen molar-refractivity contribution in [2.75, 3.05) is 6.54 Å². The van der Waals surface area contributed by atoms with Crippen LogP contribution in [0.1, 0.15) is 43.5 Å². The predicted octanol–water partition coefficient (Wildman–Crippen LogP) is 3.52. The summed E-state index contributed by atoms with van der Waals surface area (Å²) in [6.07, 6.45) is 4.07. The van der Waals surface area contributed by atoms with Gasteiger partial charge in [0.15, 0.2) is 0 Å². The average molecular weight is 313 g/mol. The third kappa shape index (κ3) is 4.44. The van der Waals surface area contributed by atoms with Crippen LogP contribution >= 0.6 is 0 Å². The van der Waals surface area contributed by atoms with Gasteiger partial charge in [-0.3, -0.25) is 9.48 Å². The molecular weight excluding hydrogens is 286 g/mol. The minimum atomic E-state index is 0.0720. The summed E-state index contributed by atoms with van der Waals surface area (Å²) in [5.74, 6) is 0.585. The zero-order valence-corrected chi connectivity index (χ0v) is 14.8. The molecule has 0 aliphatic carbocycles.